The fraction of sp³-hybridized carbons (Fsp3) is 0.429. The van der Waals surface area contributed by atoms with Crippen LogP contribution in [-0.4, -0.2) is 21.3 Å². The summed E-state index contributed by atoms with van der Waals surface area (Å²) >= 11 is 0. The zero-order valence-corrected chi connectivity index (χ0v) is 11.7. The molecule has 102 valence electrons. The summed E-state index contributed by atoms with van der Waals surface area (Å²) in [6, 6.07) is 3.74. The lowest BCUT2D eigenvalue weighted by molar-refractivity contribution is 0.422. The fourth-order valence-electron chi connectivity index (χ4n) is 1.92. The lowest BCUT2D eigenvalue weighted by Crippen LogP contribution is -2.14. The van der Waals surface area contributed by atoms with E-state index < -0.39 is 0 Å². The molecule has 19 heavy (non-hydrogen) atoms. The molecule has 2 heterocycles. The number of aromatic nitrogens is 3. The van der Waals surface area contributed by atoms with Crippen LogP contribution in [0.15, 0.2) is 24.5 Å². The van der Waals surface area contributed by atoms with Crippen molar-refractivity contribution in [2.24, 2.45) is 7.05 Å². The van der Waals surface area contributed by atoms with E-state index in [-0.39, 0.29) is 0 Å². The van der Waals surface area contributed by atoms with Crippen LogP contribution < -0.4 is 10.1 Å². The topological polar surface area (TPSA) is 52.0 Å². The summed E-state index contributed by atoms with van der Waals surface area (Å²) in [4.78, 5) is 4.05. The van der Waals surface area contributed by atoms with E-state index in [1.165, 1.54) is 0 Å². The van der Waals surface area contributed by atoms with E-state index in [1.54, 1.807) is 17.1 Å². The van der Waals surface area contributed by atoms with Crippen LogP contribution in [-0.2, 0) is 13.6 Å². The average molecular weight is 260 g/mol. The predicted octanol–water partition coefficient (Wildman–Crippen LogP) is 2.42. The quantitative estimate of drug-likeness (QED) is 0.810. The molecule has 0 aliphatic heterocycles. The molecule has 0 radical (unpaired) electrons. The molecule has 2 rings (SSSR count). The average Bonchev–Trinajstić information content (AvgIpc) is 2.67. The van der Waals surface area contributed by atoms with Crippen LogP contribution in [0.5, 0.6) is 11.6 Å². The van der Waals surface area contributed by atoms with Crippen molar-refractivity contribution in [3.8, 4) is 11.6 Å². The third kappa shape index (κ3) is 3.32. The van der Waals surface area contributed by atoms with Crippen LogP contribution in [0.1, 0.15) is 24.6 Å². The largest absolute Gasteiger partial charge is 0.437 e. The van der Waals surface area contributed by atoms with E-state index in [9.17, 15) is 0 Å². The van der Waals surface area contributed by atoms with Crippen molar-refractivity contribution in [2.45, 2.75) is 26.8 Å². The molecule has 0 saturated carbocycles. The molecule has 0 bridgehead atoms. The van der Waals surface area contributed by atoms with Crippen molar-refractivity contribution >= 4 is 0 Å². The van der Waals surface area contributed by atoms with Crippen molar-refractivity contribution in [3.05, 3.63) is 35.8 Å². The van der Waals surface area contributed by atoms with E-state index in [2.05, 4.69) is 22.3 Å². The van der Waals surface area contributed by atoms with Crippen molar-refractivity contribution in [1.29, 1.82) is 0 Å². The Morgan fingerprint density at radius 3 is 2.95 bits per heavy atom. The van der Waals surface area contributed by atoms with Gasteiger partial charge in [0.05, 0.1) is 17.5 Å². The smallest absolute Gasteiger partial charge is 0.222 e. The number of nitrogens with one attached hydrogen (secondary N) is 1. The minimum atomic E-state index is 0.724. The fourth-order valence-corrected chi connectivity index (χ4v) is 1.92. The Kier molecular flexibility index (Phi) is 4.52. The van der Waals surface area contributed by atoms with Crippen LogP contribution in [0.2, 0.25) is 0 Å². The molecule has 2 aromatic rings. The van der Waals surface area contributed by atoms with Crippen molar-refractivity contribution in [1.82, 2.24) is 20.1 Å². The normalized spacial score (nSPS) is 10.7. The molecule has 0 aliphatic rings. The number of pyridine rings is 1. The standard InChI is InChI=1S/C14H20N4O/c1-4-7-15-10-13-11(2)17-18(3)14(13)19-12-6-5-8-16-9-12/h5-6,8-9,15H,4,7,10H2,1-3H3. The van der Waals surface area contributed by atoms with Crippen LogP contribution in [0.4, 0.5) is 0 Å². The highest BCUT2D eigenvalue weighted by atomic mass is 16.5. The Bertz CT molecular complexity index is 522. The maximum Gasteiger partial charge on any atom is 0.222 e. The molecule has 0 atom stereocenters. The molecule has 0 aromatic carbocycles. The van der Waals surface area contributed by atoms with Gasteiger partial charge in [-0.3, -0.25) is 4.98 Å². The Morgan fingerprint density at radius 2 is 2.26 bits per heavy atom. The van der Waals surface area contributed by atoms with Crippen LogP contribution >= 0.6 is 0 Å². The first-order valence-corrected chi connectivity index (χ1v) is 6.53. The lowest BCUT2D eigenvalue weighted by atomic mass is 10.2. The van der Waals surface area contributed by atoms with Gasteiger partial charge in [0, 0.05) is 19.8 Å². The molecule has 0 spiro atoms. The molecule has 2 aromatic heterocycles. The summed E-state index contributed by atoms with van der Waals surface area (Å²) in [7, 11) is 1.89. The Balaban J connectivity index is 2.19. The third-order valence-electron chi connectivity index (χ3n) is 2.87. The minimum absolute atomic E-state index is 0.724. The number of hydrogen-bond donors (Lipinski definition) is 1. The Hall–Kier alpha value is -1.88. The number of aryl methyl sites for hydroxylation is 2. The molecule has 0 amide bonds. The van der Waals surface area contributed by atoms with Crippen LogP contribution in [0.3, 0.4) is 0 Å². The Morgan fingerprint density at radius 1 is 1.42 bits per heavy atom. The van der Waals surface area contributed by atoms with Gasteiger partial charge in [0.15, 0.2) is 0 Å². The highest BCUT2D eigenvalue weighted by Crippen LogP contribution is 2.26. The maximum atomic E-state index is 5.89. The highest BCUT2D eigenvalue weighted by molar-refractivity contribution is 5.34. The van der Waals surface area contributed by atoms with Crippen molar-refractivity contribution < 1.29 is 4.74 Å². The number of rotatable bonds is 6. The minimum Gasteiger partial charge on any atom is -0.437 e. The molecule has 0 aliphatic carbocycles. The van der Waals surface area contributed by atoms with E-state index in [1.807, 2.05) is 26.1 Å². The predicted molar refractivity (Wildman–Crippen MR) is 74.3 cm³/mol. The summed E-state index contributed by atoms with van der Waals surface area (Å²) in [5, 5.41) is 7.80. The van der Waals surface area contributed by atoms with Gasteiger partial charge < -0.3 is 10.1 Å². The second-order valence-corrected chi connectivity index (χ2v) is 4.46. The van der Waals surface area contributed by atoms with E-state index >= 15 is 0 Å². The van der Waals surface area contributed by atoms with Gasteiger partial charge in [-0.05, 0) is 32.0 Å². The van der Waals surface area contributed by atoms with Crippen LogP contribution in [0, 0.1) is 6.92 Å². The second kappa shape index (κ2) is 6.33. The van der Waals surface area contributed by atoms with Crippen LogP contribution in [0.25, 0.3) is 0 Å². The van der Waals surface area contributed by atoms with Crippen molar-refractivity contribution in [2.75, 3.05) is 6.54 Å². The van der Waals surface area contributed by atoms with Crippen molar-refractivity contribution in [3.63, 3.8) is 0 Å². The first-order chi connectivity index (χ1) is 9.22. The van der Waals surface area contributed by atoms with Gasteiger partial charge in [-0.15, -0.1) is 0 Å². The monoisotopic (exact) mass is 260 g/mol. The molecule has 5 nitrogen and oxygen atoms in total. The van der Waals surface area contributed by atoms with Gasteiger partial charge in [0.25, 0.3) is 0 Å². The zero-order chi connectivity index (χ0) is 13.7. The first-order valence-electron chi connectivity index (χ1n) is 6.53. The molecule has 5 heteroatoms. The molecule has 0 unspecified atom stereocenters. The molecular formula is C14H20N4O. The van der Waals surface area contributed by atoms with E-state index in [0.717, 1.165) is 42.4 Å². The molecular weight excluding hydrogens is 240 g/mol. The second-order valence-electron chi connectivity index (χ2n) is 4.46. The molecule has 0 fully saturated rings. The maximum absolute atomic E-state index is 5.89. The van der Waals surface area contributed by atoms with Gasteiger partial charge in [0.2, 0.25) is 5.88 Å². The van der Waals surface area contributed by atoms with E-state index in [4.69, 9.17) is 4.74 Å². The van der Waals surface area contributed by atoms with Gasteiger partial charge in [-0.1, -0.05) is 6.92 Å². The lowest BCUT2D eigenvalue weighted by Gasteiger charge is -2.09. The summed E-state index contributed by atoms with van der Waals surface area (Å²) in [5.41, 5.74) is 2.09. The highest BCUT2D eigenvalue weighted by Gasteiger charge is 2.15. The van der Waals surface area contributed by atoms with Gasteiger partial charge in [-0.25, -0.2) is 4.68 Å². The molecule has 1 N–H and O–H groups in total. The first kappa shape index (κ1) is 13.5. The van der Waals surface area contributed by atoms with E-state index in [0.29, 0.717) is 0 Å². The number of ether oxygens (including phenoxy) is 1. The summed E-state index contributed by atoms with van der Waals surface area (Å²) < 4.78 is 7.66. The third-order valence-corrected chi connectivity index (χ3v) is 2.87. The zero-order valence-electron chi connectivity index (χ0n) is 11.7. The van der Waals surface area contributed by atoms with Gasteiger partial charge in [0.1, 0.15) is 5.75 Å². The Labute approximate surface area is 113 Å². The summed E-state index contributed by atoms with van der Waals surface area (Å²) in [6.45, 7) is 5.90. The summed E-state index contributed by atoms with van der Waals surface area (Å²) in [5.74, 6) is 1.50. The van der Waals surface area contributed by atoms with Gasteiger partial charge in [-0.2, -0.15) is 5.10 Å². The van der Waals surface area contributed by atoms with Gasteiger partial charge >= 0.3 is 0 Å². The summed E-state index contributed by atoms with van der Waals surface area (Å²) in [6.07, 6.45) is 4.54. The molecule has 0 saturated heterocycles. The SMILES string of the molecule is CCCNCc1c(C)nn(C)c1Oc1cccnc1. The number of nitrogens with zero attached hydrogens (tertiary/aromatic N) is 3. The number of hydrogen-bond acceptors (Lipinski definition) is 4.